The Morgan fingerprint density at radius 3 is 2.58 bits per heavy atom. The van der Waals surface area contributed by atoms with Gasteiger partial charge < -0.3 is 19.3 Å². The lowest BCUT2D eigenvalue weighted by Gasteiger charge is -2.34. The third kappa shape index (κ3) is 6.42. The number of carbonyl (C=O) groups excluding carboxylic acids is 2. The summed E-state index contributed by atoms with van der Waals surface area (Å²) in [6.07, 6.45) is 3.34. The third-order valence-corrected chi connectivity index (χ3v) is 6.58. The zero-order valence-corrected chi connectivity index (χ0v) is 19.8. The van der Waals surface area contributed by atoms with Gasteiger partial charge in [0.05, 0.1) is 31.1 Å². The van der Waals surface area contributed by atoms with Crippen LogP contribution >= 0.6 is 11.7 Å². The first-order chi connectivity index (χ1) is 16.1. The number of hydrogen-bond acceptors (Lipinski definition) is 8. The lowest BCUT2D eigenvalue weighted by Crippen LogP contribution is -2.48. The van der Waals surface area contributed by atoms with Crippen LogP contribution in [0.25, 0.3) is 0 Å². The Balaban J connectivity index is 1.20. The first-order valence-corrected chi connectivity index (χ1v) is 12.3. The maximum atomic E-state index is 12.5. The van der Waals surface area contributed by atoms with Gasteiger partial charge in [-0.15, -0.1) is 0 Å². The summed E-state index contributed by atoms with van der Waals surface area (Å²) in [6, 6.07) is 8.21. The topological polar surface area (TPSA) is 88.1 Å². The number of rotatable bonds is 7. The van der Waals surface area contributed by atoms with Crippen LogP contribution in [-0.2, 0) is 11.3 Å². The molecule has 2 aromatic rings. The molecule has 0 N–H and O–H groups in total. The van der Waals surface area contributed by atoms with Gasteiger partial charge in [0, 0.05) is 51.7 Å². The Bertz CT molecular complexity index is 900. The molecule has 1 aromatic carbocycles. The number of likely N-dealkylation sites (tertiary alicyclic amines) is 1. The molecule has 0 aliphatic carbocycles. The fourth-order valence-corrected chi connectivity index (χ4v) is 4.68. The highest BCUT2D eigenvalue weighted by molar-refractivity contribution is 6.99. The zero-order valence-electron chi connectivity index (χ0n) is 19.0. The van der Waals surface area contributed by atoms with Crippen LogP contribution in [0.3, 0.4) is 0 Å². The van der Waals surface area contributed by atoms with Gasteiger partial charge in [0.15, 0.2) is 5.69 Å². The van der Waals surface area contributed by atoms with Crippen molar-refractivity contribution in [2.45, 2.75) is 26.3 Å². The Kier molecular flexibility index (Phi) is 8.11. The van der Waals surface area contributed by atoms with Gasteiger partial charge in [-0.05, 0) is 37.5 Å². The van der Waals surface area contributed by atoms with Crippen molar-refractivity contribution in [3.63, 3.8) is 0 Å². The number of ether oxygens (including phenoxy) is 2. The van der Waals surface area contributed by atoms with Crippen molar-refractivity contribution in [2.24, 2.45) is 5.92 Å². The van der Waals surface area contributed by atoms with Crippen molar-refractivity contribution in [3.8, 4) is 5.75 Å². The second-order valence-corrected chi connectivity index (χ2v) is 9.03. The highest BCUT2D eigenvalue weighted by Gasteiger charge is 2.26. The molecule has 2 fully saturated rings. The lowest BCUT2D eigenvalue weighted by molar-refractivity contribution is 0.0628. The van der Waals surface area contributed by atoms with E-state index >= 15 is 0 Å². The van der Waals surface area contributed by atoms with Crippen molar-refractivity contribution < 1.29 is 19.1 Å². The van der Waals surface area contributed by atoms with E-state index in [1.807, 2.05) is 24.0 Å². The number of hydrogen-bond donors (Lipinski definition) is 0. The molecule has 2 aliphatic heterocycles. The molecule has 2 aliphatic rings. The van der Waals surface area contributed by atoms with Crippen LogP contribution in [0.4, 0.5) is 4.79 Å². The Morgan fingerprint density at radius 1 is 1.09 bits per heavy atom. The van der Waals surface area contributed by atoms with E-state index in [2.05, 4.69) is 25.8 Å². The minimum absolute atomic E-state index is 0.0408. The molecular weight excluding hydrogens is 442 g/mol. The molecule has 178 valence electrons. The first-order valence-electron chi connectivity index (χ1n) is 11.5. The summed E-state index contributed by atoms with van der Waals surface area (Å²) in [6.45, 7) is 8.19. The molecular formula is C23H31N5O4S. The van der Waals surface area contributed by atoms with Crippen LogP contribution in [-0.4, -0.2) is 87.9 Å². The van der Waals surface area contributed by atoms with Gasteiger partial charge in [-0.1, -0.05) is 12.1 Å². The highest BCUT2D eigenvalue weighted by atomic mass is 32.1. The molecule has 0 spiro atoms. The summed E-state index contributed by atoms with van der Waals surface area (Å²) in [5, 5.41) is 0. The Morgan fingerprint density at radius 2 is 1.88 bits per heavy atom. The maximum Gasteiger partial charge on any atom is 0.409 e. The standard InChI is InChI=1S/C23H31N5O4S/c1-2-31-23(30)27-12-10-26(11-13-27)15-18-5-7-20(8-6-18)32-17-19-4-3-9-28(16-19)22(29)21-14-24-33-25-21/h5-8,14,19H,2-4,9-13,15-17H2,1H3/t19-/m1/s1. The molecule has 0 unspecified atom stereocenters. The summed E-state index contributed by atoms with van der Waals surface area (Å²) >= 11 is 1.06. The number of piperidine rings is 1. The van der Waals surface area contributed by atoms with E-state index in [1.54, 1.807) is 4.90 Å². The number of amides is 2. The number of aromatic nitrogens is 2. The smallest absolute Gasteiger partial charge is 0.409 e. The van der Waals surface area contributed by atoms with Crippen LogP contribution in [0.5, 0.6) is 5.75 Å². The van der Waals surface area contributed by atoms with E-state index in [4.69, 9.17) is 9.47 Å². The molecule has 33 heavy (non-hydrogen) atoms. The third-order valence-electron chi connectivity index (χ3n) is 6.10. The number of carbonyl (C=O) groups is 2. The van der Waals surface area contributed by atoms with Gasteiger partial charge >= 0.3 is 6.09 Å². The molecule has 1 aromatic heterocycles. The molecule has 3 heterocycles. The average molecular weight is 474 g/mol. The van der Waals surface area contributed by atoms with Gasteiger partial charge in [0.2, 0.25) is 0 Å². The van der Waals surface area contributed by atoms with Gasteiger partial charge in [0.25, 0.3) is 5.91 Å². The second-order valence-electron chi connectivity index (χ2n) is 8.47. The van der Waals surface area contributed by atoms with Crippen molar-refractivity contribution >= 4 is 23.7 Å². The molecule has 0 radical (unpaired) electrons. The van der Waals surface area contributed by atoms with E-state index in [-0.39, 0.29) is 12.0 Å². The molecule has 10 heteroatoms. The maximum absolute atomic E-state index is 12.5. The first kappa shape index (κ1) is 23.4. The minimum Gasteiger partial charge on any atom is -0.493 e. The van der Waals surface area contributed by atoms with Crippen LogP contribution in [0.2, 0.25) is 0 Å². The van der Waals surface area contributed by atoms with Gasteiger partial charge in [-0.2, -0.15) is 8.75 Å². The monoisotopic (exact) mass is 473 g/mol. The zero-order chi connectivity index (χ0) is 23.0. The quantitative estimate of drug-likeness (QED) is 0.611. The minimum atomic E-state index is -0.218. The van der Waals surface area contributed by atoms with E-state index in [9.17, 15) is 9.59 Å². The SMILES string of the molecule is CCOC(=O)N1CCN(Cc2ccc(OC[C@@H]3CCCN(C(=O)c4cnsn4)C3)cc2)CC1. The van der Waals surface area contributed by atoms with Crippen LogP contribution < -0.4 is 4.74 Å². The Hall–Kier alpha value is -2.72. The van der Waals surface area contributed by atoms with Gasteiger partial charge in [-0.25, -0.2) is 4.79 Å². The van der Waals surface area contributed by atoms with Crippen LogP contribution in [0, 0.1) is 5.92 Å². The van der Waals surface area contributed by atoms with E-state index in [1.165, 1.54) is 11.8 Å². The van der Waals surface area contributed by atoms with E-state index < -0.39 is 0 Å². The normalized spacial score (nSPS) is 19.4. The number of benzene rings is 1. The van der Waals surface area contributed by atoms with Gasteiger partial charge in [0.1, 0.15) is 5.75 Å². The van der Waals surface area contributed by atoms with Crippen molar-refractivity contribution in [1.82, 2.24) is 23.4 Å². The van der Waals surface area contributed by atoms with E-state index in [0.29, 0.717) is 44.5 Å². The second kappa shape index (κ2) is 11.4. The summed E-state index contributed by atoms with van der Waals surface area (Å²) in [5.74, 6) is 1.11. The highest BCUT2D eigenvalue weighted by Crippen LogP contribution is 2.21. The molecule has 4 rings (SSSR count). The summed E-state index contributed by atoms with van der Waals surface area (Å²) in [7, 11) is 0. The predicted octanol–water partition coefficient (Wildman–Crippen LogP) is 2.74. The largest absolute Gasteiger partial charge is 0.493 e. The molecule has 2 saturated heterocycles. The fraction of sp³-hybridized carbons (Fsp3) is 0.565. The summed E-state index contributed by atoms with van der Waals surface area (Å²) < 4.78 is 19.1. The molecule has 1 atom stereocenters. The van der Waals surface area contributed by atoms with Crippen molar-refractivity contribution in [3.05, 3.63) is 41.7 Å². The predicted molar refractivity (Wildman–Crippen MR) is 124 cm³/mol. The Labute approximate surface area is 198 Å². The van der Waals surface area contributed by atoms with Crippen molar-refractivity contribution in [2.75, 3.05) is 52.5 Å². The number of nitrogens with zero attached hydrogens (tertiary/aromatic N) is 5. The van der Waals surface area contributed by atoms with E-state index in [0.717, 1.165) is 56.5 Å². The lowest BCUT2D eigenvalue weighted by atomic mass is 9.98. The molecule has 9 nitrogen and oxygen atoms in total. The van der Waals surface area contributed by atoms with Gasteiger partial charge in [-0.3, -0.25) is 9.69 Å². The van der Waals surface area contributed by atoms with Crippen LogP contribution in [0.15, 0.2) is 30.5 Å². The summed E-state index contributed by atoms with van der Waals surface area (Å²) in [5.41, 5.74) is 1.65. The molecule has 0 saturated carbocycles. The van der Waals surface area contributed by atoms with Crippen molar-refractivity contribution in [1.29, 1.82) is 0 Å². The summed E-state index contributed by atoms with van der Waals surface area (Å²) in [4.78, 5) is 30.3. The number of piperazine rings is 1. The molecule has 0 bridgehead atoms. The molecule has 2 amide bonds. The fourth-order valence-electron chi connectivity index (χ4n) is 4.27. The average Bonchev–Trinajstić information content (AvgIpc) is 3.39. The van der Waals surface area contributed by atoms with Crippen LogP contribution in [0.1, 0.15) is 35.8 Å².